The van der Waals surface area contributed by atoms with Crippen LogP contribution in [-0.4, -0.2) is 24.5 Å². The first-order valence-corrected chi connectivity index (χ1v) is 6.54. The zero-order valence-corrected chi connectivity index (χ0v) is 11.3. The van der Waals surface area contributed by atoms with Crippen molar-refractivity contribution in [3.63, 3.8) is 0 Å². The van der Waals surface area contributed by atoms with Gasteiger partial charge in [-0.3, -0.25) is 4.79 Å². The van der Waals surface area contributed by atoms with E-state index in [4.69, 9.17) is 9.15 Å². The first-order chi connectivity index (χ1) is 9.09. The fourth-order valence-corrected chi connectivity index (χ4v) is 2.64. The number of rotatable bonds is 3. The smallest absolute Gasteiger partial charge is 0.331 e. The molecule has 1 amide bonds. The normalized spacial score (nSPS) is 17.8. The maximum Gasteiger partial charge on any atom is 0.331 e. The lowest BCUT2D eigenvalue weighted by atomic mass is 9.81. The minimum absolute atomic E-state index is 0.279. The highest BCUT2D eigenvalue weighted by atomic mass is 16.5. The van der Waals surface area contributed by atoms with Gasteiger partial charge in [-0.1, -0.05) is 19.3 Å². The lowest BCUT2D eigenvalue weighted by Gasteiger charge is -2.35. The van der Waals surface area contributed by atoms with Crippen LogP contribution in [0.25, 0.3) is 0 Å². The standard InChI is InChI=1S/C14H19NO4/c1-10-11(6-9-19-10)12(16)15-14(13(17)18-2)7-4-3-5-8-14/h6,9H,3-5,7-8H2,1-2H3,(H,15,16). The second kappa shape index (κ2) is 5.47. The van der Waals surface area contributed by atoms with Crippen LogP contribution in [-0.2, 0) is 9.53 Å². The summed E-state index contributed by atoms with van der Waals surface area (Å²) < 4.78 is 9.98. The zero-order valence-electron chi connectivity index (χ0n) is 11.3. The van der Waals surface area contributed by atoms with Gasteiger partial charge in [-0.15, -0.1) is 0 Å². The molecule has 0 unspecified atom stereocenters. The number of carbonyl (C=O) groups is 2. The van der Waals surface area contributed by atoms with Crippen molar-refractivity contribution in [3.8, 4) is 0 Å². The Bertz CT molecular complexity index is 472. The highest BCUT2D eigenvalue weighted by Crippen LogP contribution is 2.30. The van der Waals surface area contributed by atoms with Crippen molar-refractivity contribution in [1.82, 2.24) is 5.32 Å². The van der Waals surface area contributed by atoms with E-state index in [0.717, 1.165) is 19.3 Å². The largest absolute Gasteiger partial charge is 0.469 e. The van der Waals surface area contributed by atoms with E-state index in [1.807, 2.05) is 0 Å². The van der Waals surface area contributed by atoms with Crippen molar-refractivity contribution >= 4 is 11.9 Å². The van der Waals surface area contributed by atoms with Gasteiger partial charge in [0, 0.05) is 0 Å². The molecular weight excluding hydrogens is 246 g/mol. The predicted molar refractivity (Wildman–Crippen MR) is 68.7 cm³/mol. The molecule has 1 aliphatic rings. The topological polar surface area (TPSA) is 68.5 Å². The summed E-state index contributed by atoms with van der Waals surface area (Å²) in [7, 11) is 1.36. The van der Waals surface area contributed by atoms with Crippen molar-refractivity contribution in [2.75, 3.05) is 7.11 Å². The number of hydrogen-bond donors (Lipinski definition) is 1. The average Bonchev–Trinajstić information content (AvgIpc) is 2.85. The van der Waals surface area contributed by atoms with Crippen LogP contribution < -0.4 is 5.32 Å². The van der Waals surface area contributed by atoms with Gasteiger partial charge in [0.15, 0.2) is 0 Å². The van der Waals surface area contributed by atoms with Crippen LogP contribution in [0.1, 0.15) is 48.2 Å². The monoisotopic (exact) mass is 265 g/mol. The molecule has 5 nitrogen and oxygen atoms in total. The summed E-state index contributed by atoms with van der Waals surface area (Å²) in [6.07, 6.45) is 5.64. The van der Waals surface area contributed by atoms with E-state index < -0.39 is 5.54 Å². The molecule has 1 saturated carbocycles. The van der Waals surface area contributed by atoms with Gasteiger partial charge in [0.25, 0.3) is 5.91 Å². The fourth-order valence-electron chi connectivity index (χ4n) is 2.64. The Morgan fingerprint density at radius 3 is 2.53 bits per heavy atom. The minimum atomic E-state index is -0.881. The summed E-state index contributed by atoms with van der Waals surface area (Å²) in [5.41, 5.74) is -0.415. The molecule has 1 N–H and O–H groups in total. The van der Waals surface area contributed by atoms with E-state index in [9.17, 15) is 9.59 Å². The quantitative estimate of drug-likeness (QED) is 0.851. The third-order valence-electron chi connectivity index (χ3n) is 3.74. The maximum absolute atomic E-state index is 12.2. The SMILES string of the molecule is COC(=O)C1(NC(=O)c2ccoc2C)CCCCC1. The van der Waals surface area contributed by atoms with Gasteiger partial charge < -0.3 is 14.5 Å². The lowest BCUT2D eigenvalue weighted by Crippen LogP contribution is -2.56. The Morgan fingerprint density at radius 1 is 1.32 bits per heavy atom. The average molecular weight is 265 g/mol. The Hall–Kier alpha value is -1.78. The number of esters is 1. The molecule has 1 heterocycles. The molecule has 0 atom stereocenters. The molecule has 1 aliphatic carbocycles. The Labute approximate surface area is 112 Å². The summed E-state index contributed by atoms with van der Waals surface area (Å²) in [5.74, 6) is -0.0893. The van der Waals surface area contributed by atoms with Crippen molar-refractivity contribution in [3.05, 3.63) is 23.7 Å². The van der Waals surface area contributed by atoms with Crippen molar-refractivity contribution < 1.29 is 18.7 Å². The maximum atomic E-state index is 12.2. The second-order valence-corrected chi connectivity index (χ2v) is 4.98. The molecule has 0 saturated heterocycles. The Kier molecular flexibility index (Phi) is 3.93. The number of furan rings is 1. The van der Waals surface area contributed by atoms with Crippen molar-refractivity contribution in [1.29, 1.82) is 0 Å². The second-order valence-electron chi connectivity index (χ2n) is 4.98. The number of amides is 1. The van der Waals surface area contributed by atoms with Crippen LogP contribution in [0.5, 0.6) is 0 Å². The minimum Gasteiger partial charge on any atom is -0.469 e. The first kappa shape index (κ1) is 13.6. The molecule has 0 aromatic carbocycles. The summed E-state index contributed by atoms with van der Waals surface area (Å²) in [4.78, 5) is 24.3. The van der Waals surface area contributed by atoms with Gasteiger partial charge in [-0.25, -0.2) is 4.79 Å². The first-order valence-electron chi connectivity index (χ1n) is 6.54. The van der Waals surface area contributed by atoms with Crippen molar-refractivity contribution in [2.24, 2.45) is 0 Å². The highest BCUT2D eigenvalue weighted by molar-refractivity contribution is 5.98. The zero-order chi connectivity index (χ0) is 13.9. The molecule has 0 bridgehead atoms. The summed E-state index contributed by atoms with van der Waals surface area (Å²) in [6.45, 7) is 1.72. The fraction of sp³-hybridized carbons (Fsp3) is 0.571. The summed E-state index contributed by atoms with van der Waals surface area (Å²) in [5, 5.41) is 2.85. The molecule has 5 heteroatoms. The predicted octanol–water partition coefficient (Wildman–Crippen LogP) is 2.19. The van der Waals surface area contributed by atoms with Crippen LogP contribution >= 0.6 is 0 Å². The number of methoxy groups -OCH3 is 1. The molecule has 104 valence electrons. The van der Waals surface area contributed by atoms with Gasteiger partial charge in [-0.05, 0) is 25.8 Å². The Balaban J connectivity index is 2.19. The van der Waals surface area contributed by atoms with Gasteiger partial charge in [-0.2, -0.15) is 0 Å². The van der Waals surface area contributed by atoms with Crippen LogP contribution in [0, 0.1) is 6.92 Å². The van der Waals surface area contributed by atoms with Crippen LogP contribution in [0.4, 0.5) is 0 Å². The number of carbonyl (C=O) groups excluding carboxylic acids is 2. The molecule has 2 rings (SSSR count). The lowest BCUT2D eigenvalue weighted by molar-refractivity contribution is -0.149. The van der Waals surface area contributed by atoms with E-state index in [-0.39, 0.29) is 11.9 Å². The molecule has 0 aliphatic heterocycles. The van der Waals surface area contributed by atoms with Crippen LogP contribution in [0.3, 0.4) is 0 Å². The number of nitrogens with one attached hydrogen (secondary N) is 1. The molecule has 19 heavy (non-hydrogen) atoms. The highest BCUT2D eigenvalue weighted by Gasteiger charge is 2.42. The molecule has 1 aromatic heterocycles. The number of hydrogen-bond acceptors (Lipinski definition) is 4. The van der Waals surface area contributed by atoms with Crippen LogP contribution in [0.15, 0.2) is 16.7 Å². The van der Waals surface area contributed by atoms with Crippen LogP contribution in [0.2, 0.25) is 0 Å². The van der Waals surface area contributed by atoms with E-state index in [2.05, 4.69) is 5.32 Å². The summed E-state index contributed by atoms with van der Waals surface area (Å²) in [6, 6.07) is 1.61. The molecular formula is C14H19NO4. The third-order valence-corrected chi connectivity index (χ3v) is 3.74. The van der Waals surface area contributed by atoms with E-state index in [0.29, 0.717) is 24.2 Å². The number of aryl methyl sites for hydroxylation is 1. The van der Waals surface area contributed by atoms with Gasteiger partial charge in [0.05, 0.1) is 18.9 Å². The Morgan fingerprint density at radius 2 is 2.00 bits per heavy atom. The third kappa shape index (κ3) is 2.64. The van der Waals surface area contributed by atoms with Gasteiger partial charge in [0.1, 0.15) is 11.3 Å². The van der Waals surface area contributed by atoms with E-state index in [1.54, 1.807) is 13.0 Å². The summed E-state index contributed by atoms with van der Waals surface area (Å²) >= 11 is 0. The van der Waals surface area contributed by atoms with Gasteiger partial charge in [0.2, 0.25) is 0 Å². The van der Waals surface area contributed by atoms with Crippen molar-refractivity contribution in [2.45, 2.75) is 44.6 Å². The molecule has 1 fully saturated rings. The molecule has 1 aromatic rings. The molecule has 0 radical (unpaired) electrons. The molecule has 0 spiro atoms. The number of ether oxygens (including phenoxy) is 1. The van der Waals surface area contributed by atoms with Gasteiger partial charge >= 0.3 is 5.97 Å². The van der Waals surface area contributed by atoms with E-state index in [1.165, 1.54) is 13.4 Å². The van der Waals surface area contributed by atoms with E-state index >= 15 is 0 Å².